The van der Waals surface area contributed by atoms with Crippen molar-refractivity contribution in [3.63, 3.8) is 0 Å². The summed E-state index contributed by atoms with van der Waals surface area (Å²) in [5, 5.41) is 4.82. The minimum Gasteiger partial charge on any atom is -0.368 e. The second kappa shape index (κ2) is 3.51. The smallest absolute Gasteiger partial charge is 0.222 e. The lowest BCUT2D eigenvalue weighted by atomic mass is 10.3. The van der Waals surface area contributed by atoms with Crippen molar-refractivity contribution in [2.75, 3.05) is 5.73 Å². The van der Waals surface area contributed by atoms with E-state index in [1.54, 1.807) is 17.1 Å². The lowest BCUT2D eigenvalue weighted by molar-refractivity contribution is 0.819. The highest BCUT2D eigenvalue weighted by atomic mass is 35.5. The van der Waals surface area contributed by atoms with E-state index in [1.165, 1.54) is 0 Å². The average Bonchev–Trinajstić information content (AvgIpc) is 2.51. The van der Waals surface area contributed by atoms with Crippen LogP contribution in [-0.2, 0) is 0 Å². The van der Waals surface area contributed by atoms with Gasteiger partial charge in [-0.1, -0.05) is 11.6 Å². The quantitative estimate of drug-likeness (QED) is 0.796. The Hall–Kier alpha value is -1.62. The molecule has 0 spiro atoms. The predicted octanol–water partition coefficient (Wildman–Crippen LogP) is 1.51. The Morgan fingerprint density at radius 3 is 2.73 bits per heavy atom. The van der Waals surface area contributed by atoms with E-state index >= 15 is 0 Å². The zero-order valence-corrected chi connectivity index (χ0v) is 9.15. The molecule has 5 nitrogen and oxygen atoms in total. The zero-order chi connectivity index (χ0) is 11.0. The summed E-state index contributed by atoms with van der Waals surface area (Å²) < 4.78 is 1.60. The molecule has 0 aliphatic carbocycles. The first-order valence-corrected chi connectivity index (χ1v) is 4.77. The van der Waals surface area contributed by atoms with E-state index < -0.39 is 0 Å². The lowest BCUT2D eigenvalue weighted by Gasteiger charge is -2.03. The molecule has 0 aliphatic heterocycles. The van der Waals surface area contributed by atoms with Crippen LogP contribution in [0.2, 0.25) is 5.02 Å². The van der Waals surface area contributed by atoms with Crippen molar-refractivity contribution >= 4 is 17.5 Å². The lowest BCUT2D eigenvalue weighted by Crippen LogP contribution is -2.05. The third-order valence-electron chi connectivity index (χ3n) is 2.02. The Kier molecular flexibility index (Phi) is 2.32. The molecule has 0 aromatic carbocycles. The molecule has 0 amide bonds. The van der Waals surface area contributed by atoms with E-state index in [4.69, 9.17) is 17.3 Å². The number of halogens is 1. The van der Waals surface area contributed by atoms with Crippen LogP contribution in [0.15, 0.2) is 12.4 Å². The fraction of sp³-hybridized carbons (Fsp3) is 0.222. The maximum absolute atomic E-state index is 5.91. The Morgan fingerprint density at radius 2 is 2.13 bits per heavy atom. The van der Waals surface area contributed by atoms with Crippen molar-refractivity contribution in [3.05, 3.63) is 28.7 Å². The maximum atomic E-state index is 5.91. The number of hydrogen-bond donors (Lipinski definition) is 1. The number of nitrogens with zero attached hydrogens (tertiary/aromatic N) is 4. The van der Waals surface area contributed by atoms with Crippen LogP contribution in [0, 0.1) is 13.8 Å². The van der Waals surface area contributed by atoms with E-state index in [-0.39, 0.29) is 5.95 Å². The maximum Gasteiger partial charge on any atom is 0.222 e. The molecular formula is C9H10ClN5. The summed E-state index contributed by atoms with van der Waals surface area (Å²) in [6.45, 7) is 3.72. The molecule has 0 fully saturated rings. The minimum absolute atomic E-state index is 0.222. The number of rotatable bonds is 1. The number of hydrogen-bond acceptors (Lipinski definition) is 4. The third kappa shape index (κ3) is 1.78. The van der Waals surface area contributed by atoms with Gasteiger partial charge in [-0.05, 0) is 13.8 Å². The second-order valence-corrected chi connectivity index (χ2v) is 3.65. The minimum atomic E-state index is 0.222. The highest BCUT2D eigenvalue weighted by Crippen LogP contribution is 2.17. The summed E-state index contributed by atoms with van der Waals surface area (Å²) in [7, 11) is 0. The molecule has 2 aromatic heterocycles. The molecule has 2 N–H and O–H groups in total. The van der Waals surface area contributed by atoms with Gasteiger partial charge in [0.2, 0.25) is 5.95 Å². The van der Waals surface area contributed by atoms with E-state index in [2.05, 4.69) is 15.1 Å². The van der Waals surface area contributed by atoms with Crippen LogP contribution in [0.1, 0.15) is 11.3 Å². The van der Waals surface area contributed by atoms with Crippen LogP contribution in [0.5, 0.6) is 0 Å². The van der Waals surface area contributed by atoms with Gasteiger partial charge in [-0.25, -0.2) is 9.67 Å². The number of nitrogens with two attached hydrogens (primary N) is 1. The molecular weight excluding hydrogens is 214 g/mol. The Morgan fingerprint density at radius 1 is 1.40 bits per heavy atom. The largest absolute Gasteiger partial charge is 0.368 e. The molecule has 78 valence electrons. The Balaban J connectivity index is 2.58. The van der Waals surface area contributed by atoms with E-state index in [0.29, 0.717) is 10.8 Å². The van der Waals surface area contributed by atoms with Gasteiger partial charge in [0, 0.05) is 11.8 Å². The Bertz CT molecular complexity index is 486. The first kappa shape index (κ1) is 9.92. The van der Waals surface area contributed by atoms with Crippen molar-refractivity contribution in [1.29, 1.82) is 0 Å². The van der Waals surface area contributed by atoms with E-state index in [9.17, 15) is 0 Å². The second-order valence-electron chi connectivity index (χ2n) is 3.24. The van der Waals surface area contributed by atoms with Crippen LogP contribution < -0.4 is 5.73 Å². The average molecular weight is 224 g/mol. The zero-order valence-electron chi connectivity index (χ0n) is 8.40. The molecule has 0 radical (unpaired) electrons. The molecule has 6 heteroatoms. The van der Waals surface area contributed by atoms with Crippen LogP contribution >= 0.6 is 11.6 Å². The molecule has 0 aliphatic rings. The summed E-state index contributed by atoms with van der Waals surface area (Å²) in [6, 6.07) is 0. The SMILES string of the molecule is Cc1cnc(N)nc1-n1cc(Cl)c(C)n1. The normalized spacial score (nSPS) is 10.6. The Labute approximate surface area is 91.9 Å². The highest BCUT2D eigenvalue weighted by molar-refractivity contribution is 6.31. The number of aromatic nitrogens is 4. The molecule has 0 saturated carbocycles. The molecule has 0 unspecified atom stereocenters. The number of aryl methyl sites for hydroxylation is 2. The first-order valence-electron chi connectivity index (χ1n) is 4.39. The standard InChI is InChI=1S/C9H10ClN5/c1-5-3-12-9(11)13-8(5)15-4-7(10)6(2)14-15/h3-4H,1-2H3,(H2,11,12,13). The number of anilines is 1. The number of nitrogen functional groups attached to an aromatic ring is 1. The first-order chi connectivity index (χ1) is 7.08. The van der Waals surface area contributed by atoms with Crippen molar-refractivity contribution in [1.82, 2.24) is 19.7 Å². The summed E-state index contributed by atoms with van der Waals surface area (Å²) in [6.07, 6.45) is 3.36. The topological polar surface area (TPSA) is 69.6 Å². The monoisotopic (exact) mass is 223 g/mol. The van der Waals surface area contributed by atoms with Gasteiger partial charge in [-0.3, -0.25) is 0 Å². The summed E-state index contributed by atoms with van der Waals surface area (Å²) in [5.74, 6) is 0.873. The molecule has 0 saturated heterocycles. The van der Waals surface area contributed by atoms with E-state index in [1.807, 2.05) is 13.8 Å². The van der Waals surface area contributed by atoms with Gasteiger partial charge >= 0.3 is 0 Å². The van der Waals surface area contributed by atoms with Gasteiger partial charge in [-0.15, -0.1) is 0 Å². The molecule has 15 heavy (non-hydrogen) atoms. The molecule has 0 atom stereocenters. The molecule has 2 rings (SSSR count). The molecule has 0 bridgehead atoms. The fourth-order valence-electron chi connectivity index (χ4n) is 1.23. The fourth-order valence-corrected chi connectivity index (χ4v) is 1.36. The van der Waals surface area contributed by atoms with Gasteiger partial charge in [0.25, 0.3) is 0 Å². The predicted molar refractivity (Wildman–Crippen MR) is 58.1 cm³/mol. The summed E-state index contributed by atoms with van der Waals surface area (Å²) >= 11 is 5.91. The van der Waals surface area contributed by atoms with Gasteiger partial charge < -0.3 is 5.73 Å². The third-order valence-corrected chi connectivity index (χ3v) is 2.39. The molecule has 2 heterocycles. The van der Waals surface area contributed by atoms with Crippen molar-refractivity contribution in [2.45, 2.75) is 13.8 Å². The van der Waals surface area contributed by atoms with Crippen LogP contribution in [-0.4, -0.2) is 19.7 Å². The van der Waals surface area contributed by atoms with E-state index in [0.717, 1.165) is 11.3 Å². The highest BCUT2D eigenvalue weighted by Gasteiger charge is 2.08. The van der Waals surface area contributed by atoms with Crippen LogP contribution in [0.3, 0.4) is 0 Å². The van der Waals surface area contributed by atoms with Crippen LogP contribution in [0.25, 0.3) is 5.82 Å². The van der Waals surface area contributed by atoms with Gasteiger partial charge in [0.15, 0.2) is 5.82 Å². The molecule has 2 aromatic rings. The van der Waals surface area contributed by atoms with Gasteiger partial charge in [0.05, 0.1) is 16.9 Å². The van der Waals surface area contributed by atoms with Crippen molar-refractivity contribution in [3.8, 4) is 5.82 Å². The van der Waals surface area contributed by atoms with Crippen molar-refractivity contribution < 1.29 is 0 Å². The summed E-state index contributed by atoms with van der Waals surface area (Å²) in [5.41, 5.74) is 7.16. The van der Waals surface area contributed by atoms with Gasteiger partial charge in [-0.2, -0.15) is 10.1 Å². The summed E-state index contributed by atoms with van der Waals surface area (Å²) in [4.78, 5) is 7.99. The van der Waals surface area contributed by atoms with Crippen LogP contribution in [0.4, 0.5) is 5.95 Å². The van der Waals surface area contributed by atoms with Gasteiger partial charge in [0.1, 0.15) is 0 Å². The van der Waals surface area contributed by atoms with Crippen molar-refractivity contribution in [2.24, 2.45) is 0 Å².